The second kappa shape index (κ2) is 7.13. The molecule has 0 amide bonds. The number of alkyl halides is 3. The van der Waals surface area contributed by atoms with Gasteiger partial charge in [0.2, 0.25) is 0 Å². The van der Waals surface area contributed by atoms with E-state index in [0.29, 0.717) is 5.56 Å². The SMILES string of the molecule is Cc1nc(C(F)(F)F)cn1Cc1cc(O[C@@H](C)C(=O)O)c(Cl)cc1Cl. The van der Waals surface area contributed by atoms with Gasteiger partial charge in [-0.15, -0.1) is 0 Å². The highest BCUT2D eigenvalue weighted by molar-refractivity contribution is 6.36. The number of carboxylic acids is 1. The van der Waals surface area contributed by atoms with Crippen molar-refractivity contribution >= 4 is 29.2 Å². The number of halogens is 5. The van der Waals surface area contributed by atoms with E-state index in [1.807, 2.05) is 0 Å². The fraction of sp³-hybridized carbons (Fsp3) is 0.333. The van der Waals surface area contributed by atoms with Crippen LogP contribution in [0.4, 0.5) is 13.2 Å². The number of carbonyl (C=O) groups is 1. The number of hydrogen-bond acceptors (Lipinski definition) is 3. The maximum Gasteiger partial charge on any atom is 0.434 e. The van der Waals surface area contributed by atoms with Gasteiger partial charge in [-0.3, -0.25) is 0 Å². The molecule has 2 rings (SSSR count). The van der Waals surface area contributed by atoms with E-state index >= 15 is 0 Å². The number of ether oxygens (including phenoxy) is 1. The molecule has 0 bridgehead atoms. The molecule has 1 N–H and O–H groups in total. The predicted octanol–water partition coefficient (Wildman–Crippen LogP) is 4.42. The first-order valence-electron chi connectivity index (χ1n) is 6.97. The van der Waals surface area contributed by atoms with Crippen molar-refractivity contribution in [1.82, 2.24) is 9.55 Å². The van der Waals surface area contributed by atoms with Crippen LogP contribution in [0.3, 0.4) is 0 Å². The summed E-state index contributed by atoms with van der Waals surface area (Å²) in [5, 5.41) is 9.20. The molecule has 0 saturated carbocycles. The maximum absolute atomic E-state index is 12.7. The number of aliphatic carboxylic acids is 1. The van der Waals surface area contributed by atoms with Gasteiger partial charge >= 0.3 is 12.1 Å². The molecule has 1 aromatic carbocycles. The Kier molecular flexibility index (Phi) is 5.53. The summed E-state index contributed by atoms with van der Waals surface area (Å²) in [6.07, 6.45) is -4.83. The quantitative estimate of drug-likeness (QED) is 0.812. The molecular weight excluding hydrogens is 384 g/mol. The summed E-state index contributed by atoms with van der Waals surface area (Å²) in [5.74, 6) is -0.961. The zero-order valence-electron chi connectivity index (χ0n) is 13.1. The Hall–Kier alpha value is -1.93. The van der Waals surface area contributed by atoms with Crippen LogP contribution in [0.2, 0.25) is 10.0 Å². The first-order valence-corrected chi connectivity index (χ1v) is 7.73. The Morgan fingerprint density at radius 1 is 1.36 bits per heavy atom. The van der Waals surface area contributed by atoms with Gasteiger partial charge in [0.1, 0.15) is 11.6 Å². The van der Waals surface area contributed by atoms with Crippen molar-refractivity contribution in [3.63, 3.8) is 0 Å². The lowest BCUT2D eigenvalue weighted by atomic mass is 10.2. The molecule has 0 aliphatic carbocycles. The van der Waals surface area contributed by atoms with Crippen molar-refractivity contribution in [1.29, 1.82) is 0 Å². The van der Waals surface area contributed by atoms with Crippen LogP contribution in [0, 0.1) is 6.92 Å². The molecule has 5 nitrogen and oxygen atoms in total. The second-order valence-electron chi connectivity index (χ2n) is 5.27. The first kappa shape index (κ1) is 19.4. The lowest BCUT2D eigenvalue weighted by molar-refractivity contribution is -0.144. The Morgan fingerprint density at radius 3 is 2.52 bits per heavy atom. The zero-order chi connectivity index (χ0) is 18.9. The molecule has 0 fully saturated rings. The van der Waals surface area contributed by atoms with Gasteiger partial charge in [0.05, 0.1) is 11.6 Å². The average molecular weight is 397 g/mol. The third-order valence-electron chi connectivity index (χ3n) is 3.36. The van der Waals surface area contributed by atoms with E-state index in [9.17, 15) is 18.0 Å². The zero-order valence-corrected chi connectivity index (χ0v) is 14.6. The number of hydrogen-bond donors (Lipinski definition) is 1. The fourth-order valence-electron chi connectivity index (χ4n) is 2.01. The van der Waals surface area contributed by atoms with Crippen molar-refractivity contribution < 1.29 is 27.8 Å². The summed E-state index contributed by atoms with van der Waals surface area (Å²) in [6.45, 7) is 2.74. The van der Waals surface area contributed by atoms with E-state index in [-0.39, 0.29) is 28.2 Å². The third-order valence-corrected chi connectivity index (χ3v) is 4.01. The summed E-state index contributed by atoms with van der Waals surface area (Å²) in [7, 11) is 0. The van der Waals surface area contributed by atoms with Crippen molar-refractivity contribution in [3.05, 3.63) is 45.5 Å². The third kappa shape index (κ3) is 4.58. The summed E-state index contributed by atoms with van der Waals surface area (Å²) >= 11 is 12.1. The number of nitrogens with zero attached hydrogens (tertiary/aromatic N) is 2. The van der Waals surface area contributed by atoms with Crippen LogP contribution in [-0.2, 0) is 17.5 Å². The molecule has 0 radical (unpaired) electrons. The largest absolute Gasteiger partial charge is 0.479 e. The minimum absolute atomic E-state index is 0.0112. The van der Waals surface area contributed by atoms with Crippen LogP contribution < -0.4 is 4.74 Å². The van der Waals surface area contributed by atoms with Gasteiger partial charge in [-0.25, -0.2) is 9.78 Å². The Bertz CT molecular complexity index is 806. The van der Waals surface area contributed by atoms with Gasteiger partial charge in [-0.2, -0.15) is 13.2 Å². The molecule has 1 heterocycles. The lowest BCUT2D eigenvalue weighted by Gasteiger charge is -2.15. The number of rotatable bonds is 5. The van der Waals surface area contributed by atoms with E-state index in [2.05, 4.69) is 4.98 Å². The van der Waals surface area contributed by atoms with Crippen molar-refractivity contribution in [3.8, 4) is 5.75 Å². The first-order chi connectivity index (χ1) is 11.5. The van der Waals surface area contributed by atoms with Crippen molar-refractivity contribution in [2.45, 2.75) is 32.7 Å². The van der Waals surface area contributed by atoms with Gasteiger partial charge in [0, 0.05) is 11.2 Å². The van der Waals surface area contributed by atoms with E-state index in [4.69, 9.17) is 33.0 Å². The summed E-state index contributed by atoms with van der Waals surface area (Å²) in [6, 6.07) is 2.75. The molecular formula is C15H13Cl2F3N2O3. The maximum atomic E-state index is 12.7. The van der Waals surface area contributed by atoms with E-state index < -0.39 is 23.9 Å². The summed E-state index contributed by atoms with van der Waals surface area (Å²) in [4.78, 5) is 14.4. The molecule has 136 valence electrons. The molecule has 1 aromatic heterocycles. The van der Waals surface area contributed by atoms with Gasteiger partial charge in [0.25, 0.3) is 0 Å². The molecule has 10 heteroatoms. The monoisotopic (exact) mass is 396 g/mol. The molecule has 1 atom stereocenters. The minimum Gasteiger partial charge on any atom is -0.479 e. The van der Waals surface area contributed by atoms with Crippen LogP contribution in [-0.4, -0.2) is 26.7 Å². The summed E-state index contributed by atoms with van der Waals surface area (Å²) < 4.78 is 44.7. The van der Waals surface area contributed by atoms with Crippen LogP contribution in [0.5, 0.6) is 5.75 Å². The fourth-order valence-corrected chi connectivity index (χ4v) is 2.50. The van der Waals surface area contributed by atoms with Crippen molar-refractivity contribution in [2.75, 3.05) is 0 Å². The van der Waals surface area contributed by atoms with Gasteiger partial charge in [0.15, 0.2) is 11.8 Å². The predicted molar refractivity (Wildman–Crippen MR) is 85.3 cm³/mol. The summed E-state index contributed by atoms with van der Waals surface area (Å²) in [5.41, 5.74) is -0.598. The van der Waals surface area contributed by atoms with Crippen LogP contribution in [0.1, 0.15) is 24.0 Å². The van der Waals surface area contributed by atoms with E-state index in [1.165, 1.54) is 30.5 Å². The molecule has 2 aromatic rings. The smallest absolute Gasteiger partial charge is 0.434 e. The standard InChI is InChI=1S/C15H13Cl2F3N2O3/c1-7(14(23)24)25-12-3-9(10(16)4-11(12)17)5-22-6-13(15(18,19)20)21-8(22)2/h3-4,6-7H,5H2,1-2H3,(H,23,24)/t7-/m0/s1. The number of carboxylic acid groups (broad SMARTS) is 1. The molecule has 0 unspecified atom stereocenters. The van der Waals surface area contributed by atoms with Crippen LogP contribution in [0.15, 0.2) is 18.3 Å². The highest BCUT2D eigenvalue weighted by Gasteiger charge is 2.34. The molecule has 0 spiro atoms. The normalized spacial score (nSPS) is 12.9. The lowest BCUT2D eigenvalue weighted by Crippen LogP contribution is -2.23. The highest BCUT2D eigenvalue weighted by Crippen LogP contribution is 2.33. The number of benzene rings is 1. The average Bonchev–Trinajstić information content (AvgIpc) is 2.85. The Labute approximate surface area is 150 Å². The Morgan fingerprint density at radius 2 is 2.00 bits per heavy atom. The van der Waals surface area contributed by atoms with Gasteiger partial charge in [-0.05, 0) is 31.5 Å². The Balaban J connectivity index is 2.34. The molecule has 0 aliphatic heterocycles. The second-order valence-corrected chi connectivity index (χ2v) is 6.09. The minimum atomic E-state index is -4.55. The van der Waals surface area contributed by atoms with Crippen molar-refractivity contribution in [2.24, 2.45) is 0 Å². The van der Waals surface area contributed by atoms with Gasteiger partial charge < -0.3 is 14.4 Å². The van der Waals surface area contributed by atoms with Gasteiger partial charge in [-0.1, -0.05) is 23.2 Å². The van der Waals surface area contributed by atoms with Crippen LogP contribution >= 0.6 is 23.2 Å². The van der Waals surface area contributed by atoms with E-state index in [0.717, 1.165) is 6.20 Å². The van der Waals surface area contributed by atoms with Crippen LogP contribution in [0.25, 0.3) is 0 Å². The molecule has 25 heavy (non-hydrogen) atoms. The molecule has 0 aliphatic rings. The highest BCUT2D eigenvalue weighted by atomic mass is 35.5. The number of aryl methyl sites for hydroxylation is 1. The number of aromatic nitrogens is 2. The number of imidazole rings is 1. The molecule has 0 saturated heterocycles. The topological polar surface area (TPSA) is 64.4 Å². The van der Waals surface area contributed by atoms with E-state index in [1.54, 1.807) is 0 Å².